The topological polar surface area (TPSA) is 77.0 Å². The Labute approximate surface area is 201 Å². The molecular formula is C28H21FN2O4. The van der Waals surface area contributed by atoms with Gasteiger partial charge >= 0.3 is 5.97 Å². The molecule has 0 unspecified atom stereocenters. The van der Waals surface area contributed by atoms with Crippen LogP contribution >= 0.6 is 0 Å². The van der Waals surface area contributed by atoms with Gasteiger partial charge in [0.2, 0.25) is 0 Å². The maximum atomic E-state index is 13.7. The lowest BCUT2D eigenvalue weighted by Gasteiger charge is -2.07. The van der Waals surface area contributed by atoms with E-state index in [0.29, 0.717) is 23.5 Å². The maximum Gasteiger partial charge on any atom is 0.346 e. The van der Waals surface area contributed by atoms with Crippen LogP contribution in [-0.2, 0) is 6.61 Å². The lowest BCUT2D eigenvalue weighted by atomic mass is 10.2. The zero-order valence-corrected chi connectivity index (χ0v) is 18.6. The van der Waals surface area contributed by atoms with E-state index < -0.39 is 11.8 Å². The first-order valence-corrected chi connectivity index (χ1v) is 10.8. The normalized spacial score (nSPS) is 10.7. The number of carbonyl (C=O) groups excluding carboxylic acids is 2. The summed E-state index contributed by atoms with van der Waals surface area (Å²) in [7, 11) is 0. The zero-order chi connectivity index (χ0) is 24.5. The third kappa shape index (κ3) is 6.61. The van der Waals surface area contributed by atoms with Gasteiger partial charge < -0.3 is 9.47 Å². The summed E-state index contributed by atoms with van der Waals surface area (Å²) in [5.41, 5.74) is 4.48. The number of hydrogen-bond donors (Lipinski definition) is 1. The van der Waals surface area contributed by atoms with Crippen molar-refractivity contribution in [3.05, 3.63) is 131 Å². The average molecular weight is 468 g/mol. The Morgan fingerprint density at radius 1 is 0.800 bits per heavy atom. The van der Waals surface area contributed by atoms with Gasteiger partial charge in [0.25, 0.3) is 5.91 Å². The van der Waals surface area contributed by atoms with Gasteiger partial charge in [-0.15, -0.1) is 0 Å². The Hall–Kier alpha value is -4.78. The van der Waals surface area contributed by atoms with Crippen molar-refractivity contribution in [2.75, 3.05) is 0 Å². The first kappa shape index (κ1) is 23.4. The minimum Gasteiger partial charge on any atom is -0.489 e. The van der Waals surface area contributed by atoms with Crippen molar-refractivity contribution >= 4 is 18.1 Å². The summed E-state index contributed by atoms with van der Waals surface area (Å²) in [4.78, 5) is 24.4. The molecule has 0 heterocycles. The summed E-state index contributed by atoms with van der Waals surface area (Å²) in [5.74, 6) is -0.885. The van der Waals surface area contributed by atoms with E-state index in [2.05, 4.69) is 10.5 Å². The van der Waals surface area contributed by atoms with Crippen LogP contribution in [0.1, 0.15) is 31.8 Å². The van der Waals surface area contributed by atoms with Crippen LogP contribution in [0.4, 0.5) is 4.39 Å². The standard InChI is InChI=1S/C28H21FN2O4/c29-26-9-5-4-8-25(26)28(33)35-24-14-10-20(11-15-24)18-30-31-27(32)22-12-16-23(17-13-22)34-19-21-6-2-1-3-7-21/h1-18H,19H2,(H,31,32)/b30-18-. The smallest absolute Gasteiger partial charge is 0.346 e. The van der Waals surface area contributed by atoms with E-state index >= 15 is 0 Å². The van der Waals surface area contributed by atoms with Gasteiger partial charge in [0.1, 0.15) is 23.9 Å². The number of hydrogen-bond acceptors (Lipinski definition) is 5. The van der Waals surface area contributed by atoms with Gasteiger partial charge in [0.15, 0.2) is 0 Å². The molecule has 6 nitrogen and oxygen atoms in total. The summed E-state index contributed by atoms with van der Waals surface area (Å²) < 4.78 is 24.6. The number of benzene rings is 4. The molecule has 0 aliphatic heterocycles. The summed E-state index contributed by atoms with van der Waals surface area (Å²) >= 11 is 0. The van der Waals surface area contributed by atoms with E-state index in [1.54, 1.807) is 54.6 Å². The quantitative estimate of drug-likeness (QED) is 0.163. The molecule has 0 aliphatic rings. The highest BCUT2D eigenvalue weighted by molar-refractivity contribution is 5.95. The van der Waals surface area contributed by atoms with E-state index in [9.17, 15) is 14.0 Å². The molecular weight excluding hydrogens is 447 g/mol. The summed E-state index contributed by atoms with van der Waals surface area (Å²) in [6, 6.07) is 28.6. The summed E-state index contributed by atoms with van der Waals surface area (Å²) in [6.45, 7) is 0.442. The zero-order valence-electron chi connectivity index (χ0n) is 18.6. The Kier molecular flexibility index (Phi) is 7.60. The monoisotopic (exact) mass is 468 g/mol. The van der Waals surface area contributed by atoms with Crippen LogP contribution in [0.5, 0.6) is 11.5 Å². The third-order valence-electron chi connectivity index (χ3n) is 4.93. The van der Waals surface area contributed by atoms with E-state index in [1.165, 1.54) is 24.4 Å². The number of esters is 1. The van der Waals surface area contributed by atoms with Gasteiger partial charge in [0, 0.05) is 5.56 Å². The van der Waals surface area contributed by atoms with E-state index in [0.717, 1.165) is 5.56 Å². The SMILES string of the molecule is O=C(N/N=C\c1ccc(OC(=O)c2ccccc2F)cc1)c1ccc(OCc2ccccc2)cc1. The first-order valence-electron chi connectivity index (χ1n) is 10.8. The van der Waals surface area contributed by atoms with Crippen molar-refractivity contribution in [2.45, 2.75) is 6.61 Å². The lowest BCUT2D eigenvalue weighted by Crippen LogP contribution is -2.17. The number of nitrogens with one attached hydrogen (secondary N) is 1. The molecule has 0 saturated carbocycles. The number of rotatable bonds is 8. The van der Waals surface area contributed by atoms with Crippen molar-refractivity contribution in [3.8, 4) is 11.5 Å². The molecule has 35 heavy (non-hydrogen) atoms. The van der Waals surface area contributed by atoms with Crippen molar-refractivity contribution in [3.63, 3.8) is 0 Å². The van der Waals surface area contributed by atoms with Gasteiger partial charge in [-0.3, -0.25) is 4.79 Å². The number of nitrogens with zero attached hydrogens (tertiary/aromatic N) is 1. The Balaban J connectivity index is 1.26. The molecule has 0 aliphatic carbocycles. The highest BCUT2D eigenvalue weighted by atomic mass is 19.1. The Morgan fingerprint density at radius 2 is 1.46 bits per heavy atom. The maximum absolute atomic E-state index is 13.7. The van der Waals surface area contributed by atoms with Gasteiger partial charge in [-0.2, -0.15) is 5.10 Å². The van der Waals surface area contributed by atoms with E-state index in [-0.39, 0.29) is 17.2 Å². The predicted molar refractivity (Wildman–Crippen MR) is 130 cm³/mol. The number of halogens is 1. The number of carbonyl (C=O) groups is 2. The molecule has 0 spiro atoms. The average Bonchev–Trinajstić information content (AvgIpc) is 2.89. The minimum absolute atomic E-state index is 0.142. The molecule has 4 rings (SSSR count). The molecule has 4 aromatic carbocycles. The molecule has 7 heteroatoms. The van der Waals surface area contributed by atoms with Crippen LogP contribution in [0.2, 0.25) is 0 Å². The van der Waals surface area contributed by atoms with Crippen molar-refractivity contribution in [1.29, 1.82) is 0 Å². The van der Waals surface area contributed by atoms with Crippen LogP contribution in [0.3, 0.4) is 0 Å². The van der Waals surface area contributed by atoms with Crippen molar-refractivity contribution < 1.29 is 23.5 Å². The van der Waals surface area contributed by atoms with Crippen LogP contribution in [-0.4, -0.2) is 18.1 Å². The molecule has 174 valence electrons. The molecule has 0 saturated heterocycles. The van der Waals surface area contributed by atoms with Crippen LogP contribution in [0.25, 0.3) is 0 Å². The molecule has 0 aromatic heterocycles. The van der Waals surface area contributed by atoms with E-state index in [4.69, 9.17) is 9.47 Å². The van der Waals surface area contributed by atoms with Crippen LogP contribution < -0.4 is 14.9 Å². The lowest BCUT2D eigenvalue weighted by molar-refractivity contribution is 0.0729. The molecule has 0 fully saturated rings. The number of ether oxygens (including phenoxy) is 2. The molecule has 4 aromatic rings. The molecule has 1 N–H and O–H groups in total. The fraction of sp³-hybridized carbons (Fsp3) is 0.0357. The van der Waals surface area contributed by atoms with Crippen LogP contribution in [0, 0.1) is 5.82 Å². The third-order valence-corrected chi connectivity index (χ3v) is 4.93. The van der Waals surface area contributed by atoms with E-state index in [1.807, 2.05) is 30.3 Å². The van der Waals surface area contributed by atoms with Gasteiger partial charge in [-0.1, -0.05) is 42.5 Å². The Bertz CT molecular complexity index is 1320. The first-order chi connectivity index (χ1) is 17.1. The second-order valence-electron chi connectivity index (χ2n) is 7.44. The van der Waals surface area contributed by atoms with Gasteiger partial charge in [-0.05, 0) is 71.8 Å². The fourth-order valence-corrected chi connectivity index (χ4v) is 3.08. The largest absolute Gasteiger partial charge is 0.489 e. The fourth-order valence-electron chi connectivity index (χ4n) is 3.08. The van der Waals surface area contributed by atoms with Crippen molar-refractivity contribution in [2.24, 2.45) is 5.10 Å². The molecule has 1 amide bonds. The number of hydrazone groups is 1. The predicted octanol–water partition coefficient (Wildman–Crippen LogP) is 5.39. The summed E-state index contributed by atoms with van der Waals surface area (Å²) in [5, 5.41) is 3.95. The highest BCUT2D eigenvalue weighted by Gasteiger charge is 2.13. The van der Waals surface area contributed by atoms with Crippen molar-refractivity contribution in [1.82, 2.24) is 5.43 Å². The molecule has 0 atom stereocenters. The second-order valence-corrected chi connectivity index (χ2v) is 7.44. The van der Waals surface area contributed by atoms with Gasteiger partial charge in [0.05, 0.1) is 11.8 Å². The van der Waals surface area contributed by atoms with Crippen LogP contribution in [0.15, 0.2) is 108 Å². The second kappa shape index (κ2) is 11.4. The Morgan fingerprint density at radius 3 is 2.17 bits per heavy atom. The highest BCUT2D eigenvalue weighted by Crippen LogP contribution is 2.16. The minimum atomic E-state index is -0.784. The number of amides is 1. The molecule has 0 bridgehead atoms. The molecule has 0 radical (unpaired) electrons. The van der Waals surface area contributed by atoms with Gasteiger partial charge in [-0.25, -0.2) is 14.6 Å². The summed E-state index contributed by atoms with van der Waals surface area (Å²) in [6.07, 6.45) is 1.46.